The number of hydrogen-bond acceptors (Lipinski definition) is 2. The quantitative estimate of drug-likeness (QED) is 0.603. The largest absolute Gasteiger partial charge is 0.204 e. The van der Waals surface area contributed by atoms with Gasteiger partial charge >= 0.3 is 0 Å². The highest BCUT2D eigenvalue weighted by molar-refractivity contribution is 6.17. The Bertz CT molecular complexity index is 398. The zero-order chi connectivity index (χ0) is 7.84. The van der Waals surface area contributed by atoms with Gasteiger partial charge in [0.05, 0.1) is 0 Å². The smallest absolute Gasteiger partial charge is 0.153 e. The van der Waals surface area contributed by atoms with Crippen molar-refractivity contribution in [1.82, 2.24) is 14.5 Å². The summed E-state index contributed by atoms with van der Waals surface area (Å²) in [6.07, 6.45) is 0. The van der Waals surface area contributed by atoms with Gasteiger partial charge in [-0.3, -0.25) is 0 Å². The Kier molecular flexibility index (Phi) is 1.29. The Morgan fingerprint density at radius 2 is 2.27 bits per heavy atom. The molecule has 2 rings (SSSR count). The van der Waals surface area contributed by atoms with Crippen molar-refractivity contribution in [2.75, 3.05) is 0 Å². The van der Waals surface area contributed by atoms with E-state index in [4.69, 9.17) is 11.8 Å². The van der Waals surface area contributed by atoms with Gasteiger partial charge in [0.1, 0.15) is 11.0 Å². The van der Waals surface area contributed by atoms with Crippen LogP contribution in [0.15, 0.2) is 18.2 Å². The number of hydrogen-bond donors (Lipinski definition) is 0. The van der Waals surface area contributed by atoms with Gasteiger partial charge in [-0.05, 0) is 17.3 Å². The third-order valence-electron chi connectivity index (χ3n) is 1.39. The minimum absolute atomic E-state index is 0.197. The molecular formula is C6H3ClFN3. The normalized spacial score (nSPS) is 10.7. The summed E-state index contributed by atoms with van der Waals surface area (Å²) in [7, 11) is 0. The van der Waals surface area contributed by atoms with Crippen molar-refractivity contribution in [3.63, 3.8) is 0 Å². The molecule has 1 heterocycles. The zero-order valence-corrected chi connectivity index (χ0v) is 6.09. The molecule has 0 saturated carbocycles. The Morgan fingerprint density at radius 1 is 1.45 bits per heavy atom. The molecule has 5 heteroatoms. The molecule has 2 aromatic rings. The number of halogens is 2. The van der Waals surface area contributed by atoms with Gasteiger partial charge < -0.3 is 0 Å². The van der Waals surface area contributed by atoms with Crippen molar-refractivity contribution in [3.8, 4) is 0 Å². The Morgan fingerprint density at radius 3 is 3.00 bits per heavy atom. The Balaban J connectivity index is 2.94. The van der Waals surface area contributed by atoms with Gasteiger partial charge in [0.2, 0.25) is 0 Å². The highest BCUT2D eigenvalue weighted by atomic mass is 35.5. The average Bonchev–Trinajstić information content (AvgIpc) is 2.35. The SMILES string of the molecule is Fc1cccc2c1nnn2Cl. The standard InChI is InChI=1S/C6H3ClFN3/c7-11-5-3-1-2-4(8)6(5)9-10-11/h1-3H. The van der Waals surface area contributed by atoms with Gasteiger partial charge in [-0.25, -0.2) is 4.39 Å². The van der Waals surface area contributed by atoms with E-state index in [1.165, 1.54) is 6.07 Å². The first kappa shape index (κ1) is 6.54. The molecule has 3 nitrogen and oxygen atoms in total. The van der Waals surface area contributed by atoms with E-state index in [0.29, 0.717) is 5.52 Å². The van der Waals surface area contributed by atoms with Gasteiger partial charge in [-0.15, -0.1) is 5.10 Å². The average molecular weight is 172 g/mol. The molecule has 0 spiro atoms. The summed E-state index contributed by atoms with van der Waals surface area (Å²) in [6, 6.07) is 4.51. The van der Waals surface area contributed by atoms with Crippen LogP contribution in [0, 0.1) is 5.82 Å². The number of rotatable bonds is 0. The van der Waals surface area contributed by atoms with Crippen LogP contribution in [-0.2, 0) is 0 Å². The Hall–Kier alpha value is -1.16. The predicted molar refractivity (Wildman–Crippen MR) is 38.7 cm³/mol. The maximum Gasteiger partial charge on any atom is 0.153 e. The van der Waals surface area contributed by atoms with Crippen LogP contribution in [0.1, 0.15) is 0 Å². The summed E-state index contributed by atoms with van der Waals surface area (Å²) in [5.41, 5.74) is 0.675. The van der Waals surface area contributed by atoms with Gasteiger partial charge in [0.25, 0.3) is 0 Å². The lowest BCUT2D eigenvalue weighted by atomic mass is 10.3. The summed E-state index contributed by atoms with van der Waals surface area (Å²) in [4.78, 5) is 0. The number of nitrogens with zero attached hydrogens (tertiary/aromatic N) is 3. The molecule has 0 atom stereocenters. The highest BCUT2D eigenvalue weighted by Gasteiger charge is 2.05. The maximum absolute atomic E-state index is 12.8. The molecule has 0 aliphatic heterocycles. The molecule has 1 aromatic carbocycles. The molecule has 11 heavy (non-hydrogen) atoms. The fourth-order valence-electron chi connectivity index (χ4n) is 0.884. The van der Waals surface area contributed by atoms with Gasteiger partial charge in [-0.2, -0.15) is 4.20 Å². The van der Waals surface area contributed by atoms with Crippen molar-refractivity contribution < 1.29 is 4.39 Å². The third kappa shape index (κ3) is 0.867. The maximum atomic E-state index is 12.8. The molecule has 0 aliphatic rings. The molecule has 0 bridgehead atoms. The number of benzene rings is 1. The molecule has 56 valence electrons. The Labute approximate surface area is 66.5 Å². The van der Waals surface area contributed by atoms with Crippen LogP contribution in [-0.4, -0.2) is 14.5 Å². The van der Waals surface area contributed by atoms with Gasteiger partial charge in [0, 0.05) is 11.8 Å². The molecule has 0 fully saturated rings. The molecule has 0 aliphatic carbocycles. The van der Waals surface area contributed by atoms with E-state index in [1.54, 1.807) is 12.1 Å². The van der Waals surface area contributed by atoms with Crippen LogP contribution < -0.4 is 0 Å². The van der Waals surface area contributed by atoms with E-state index in [-0.39, 0.29) is 5.52 Å². The molecule has 0 N–H and O–H groups in total. The number of aromatic nitrogens is 3. The van der Waals surface area contributed by atoms with Crippen molar-refractivity contribution in [3.05, 3.63) is 24.0 Å². The minimum Gasteiger partial charge on any atom is -0.204 e. The van der Waals surface area contributed by atoms with E-state index in [1.807, 2.05) is 0 Å². The fraction of sp³-hybridized carbons (Fsp3) is 0. The van der Waals surface area contributed by atoms with Crippen LogP contribution in [0.2, 0.25) is 0 Å². The van der Waals surface area contributed by atoms with Gasteiger partial charge in [0.15, 0.2) is 5.82 Å². The molecular weight excluding hydrogens is 169 g/mol. The predicted octanol–water partition coefficient (Wildman–Crippen LogP) is 1.57. The van der Waals surface area contributed by atoms with E-state index < -0.39 is 5.82 Å². The van der Waals surface area contributed by atoms with Crippen LogP contribution in [0.5, 0.6) is 0 Å². The lowest BCUT2D eigenvalue weighted by Gasteiger charge is -1.88. The monoisotopic (exact) mass is 171 g/mol. The first-order valence-corrected chi connectivity index (χ1v) is 3.29. The first-order chi connectivity index (χ1) is 5.29. The topological polar surface area (TPSA) is 30.7 Å². The lowest BCUT2D eigenvalue weighted by Crippen LogP contribution is -1.80. The second kappa shape index (κ2) is 2.17. The van der Waals surface area contributed by atoms with Crippen molar-refractivity contribution in [2.24, 2.45) is 0 Å². The minimum atomic E-state index is -0.408. The summed E-state index contributed by atoms with van der Waals surface area (Å²) in [6.45, 7) is 0. The van der Waals surface area contributed by atoms with Crippen LogP contribution in [0.4, 0.5) is 4.39 Å². The highest BCUT2D eigenvalue weighted by Crippen LogP contribution is 2.14. The summed E-state index contributed by atoms with van der Waals surface area (Å²) >= 11 is 5.52. The summed E-state index contributed by atoms with van der Waals surface area (Å²) in [5.74, 6) is -0.408. The molecule has 0 amide bonds. The van der Waals surface area contributed by atoms with Crippen molar-refractivity contribution in [2.45, 2.75) is 0 Å². The van der Waals surface area contributed by atoms with E-state index >= 15 is 0 Å². The molecule has 0 unspecified atom stereocenters. The first-order valence-electron chi connectivity index (χ1n) is 2.95. The summed E-state index contributed by atoms with van der Waals surface area (Å²) in [5, 5.41) is 6.97. The third-order valence-corrected chi connectivity index (χ3v) is 1.64. The van der Waals surface area contributed by atoms with Crippen molar-refractivity contribution in [1.29, 1.82) is 0 Å². The van der Waals surface area contributed by atoms with E-state index in [9.17, 15) is 4.39 Å². The molecule has 1 aromatic heterocycles. The second-order valence-electron chi connectivity index (χ2n) is 2.06. The van der Waals surface area contributed by atoms with E-state index in [0.717, 1.165) is 4.20 Å². The van der Waals surface area contributed by atoms with Crippen LogP contribution in [0.3, 0.4) is 0 Å². The van der Waals surface area contributed by atoms with E-state index in [2.05, 4.69) is 10.3 Å². The lowest BCUT2D eigenvalue weighted by molar-refractivity contribution is 0.636. The van der Waals surface area contributed by atoms with Gasteiger partial charge in [-0.1, -0.05) is 6.07 Å². The zero-order valence-electron chi connectivity index (χ0n) is 5.33. The molecule has 0 saturated heterocycles. The number of fused-ring (bicyclic) bond motifs is 1. The summed E-state index contributed by atoms with van der Waals surface area (Å²) < 4.78 is 13.8. The van der Waals surface area contributed by atoms with Crippen LogP contribution >= 0.6 is 11.8 Å². The fourth-order valence-corrected chi connectivity index (χ4v) is 1.05. The van der Waals surface area contributed by atoms with Crippen LogP contribution in [0.25, 0.3) is 11.0 Å². The second-order valence-corrected chi connectivity index (χ2v) is 2.38. The molecule has 0 radical (unpaired) electrons. The van der Waals surface area contributed by atoms with Crippen molar-refractivity contribution >= 4 is 22.8 Å².